The summed E-state index contributed by atoms with van der Waals surface area (Å²) in [6, 6.07) is 12.4. The summed E-state index contributed by atoms with van der Waals surface area (Å²) in [5, 5.41) is 2.19. The van der Waals surface area contributed by atoms with Gasteiger partial charge in [0.1, 0.15) is 6.54 Å². The summed E-state index contributed by atoms with van der Waals surface area (Å²) in [7, 11) is 0. The van der Waals surface area contributed by atoms with E-state index in [1.165, 1.54) is 0 Å². The highest BCUT2D eigenvalue weighted by Gasteiger charge is 2.36. The summed E-state index contributed by atoms with van der Waals surface area (Å²) >= 11 is 0.816. The molecule has 0 aliphatic carbocycles. The first-order valence-electron chi connectivity index (χ1n) is 7.14. The van der Waals surface area contributed by atoms with Crippen molar-refractivity contribution in [2.45, 2.75) is 0 Å². The predicted octanol–water partition coefficient (Wildman–Crippen LogP) is 2.76. The van der Waals surface area contributed by atoms with Gasteiger partial charge in [-0.25, -0.2) is 0 Å². The Morgan fingerprint density at radius 2 is 1.96 bits per heavy atom. The number of thioether (sulfide) groups is 1. The number of rotatable bonds is 4. The summed E-state index contributed by atoms with van der Waals surface area (Å²) in [5.74, 6) is -0.900. The van der Waals surface area contributed by atoms with Gasteiger partial charge >= 0.3 is 0 Å². The van der Waals surface area contributed by atoms with Crippen molar-refractivity contribution in [2.24, 2.45) is 0 Å². The lowest BCUT2D eigenvalue weighted by Gasteiger charge is -2.12. The van der Waals surface area contributed by atoms with Gasteiger partial charge < -0.3 is 5.32 Å². The number of imide groups is 1. The normalized spacial score (nSPS) is 15.8. The van der Waals surface area contributed by atoms with E-state index in [2.05, 4.69) is 10.3 Å². The number of anilines is 1. The third-order valence-corrected chi connectivity index (χ3v) is 4.12. The molecule has 2 heterocycles. The van der Waals surface area contributed by atoms with E-state index in [1.807, 2.05) is 6.07 Å². The molecule has 0 atom stereocenters. The van der Waals surface area contributed by atoms with Crippen LogP contribution in [0, 0.1) is 0 Å². The van der Waals surface area contributed by atoms with E-state index in [4.69, 9.17) is 0 Å². The first kappa shape index (κ1) is 15.9. The zero-order valence-electron chi connectivity index (χ0n) is 12.5. The van der Waals surface area contributed by atoms with Gasteiger partial charge in [-0.1, -0.05) is 24.3 Å². The number of hydrogen-bond donors (Lipinski definition) is 1. The van der Waals surface area contributed by atoms with Crippen LogP contribution in [0.1, 0.15) is 5.56 Å². The van der Waals surface area contributed by atoms with Crippen molar-refractivity contribution >= 4 is 40.6 Å². The number of amides is 3. The molecule has 7 heteroatoms. The molecule has 0 spiro atoms. The molecular formula is C17H13N3O3S. The first-order valence-corrected chi connectivity index (χ1v) is 7.95. The van der Waals surface area contributed by atoms with Crippen molar-refractivity contribution in [1.29, 1.82) is 0 Å². The molecule has 120 valence electrons. The molecule has 0 saturated carbocycles. The standard InChI is InChI=1S/C17H13N3O3S/c21-15(19-13-6-2-1-3-7-13)11-20-16(22)14(24-17(20)23)9-12-5-4-8-18-10-12/h1-10H,11H2,(H,19,21)/b14-9+. The molecule has 6 nitrogen and oxygen atoms in total. The lowest BCUT2D eigenvalue weighted by atomic mass is 10.2. The van der Waals surface area contributed by atoms with E-state index >= 15 is 0 Å². The van der Waals surface area contributed by atoms with Crippen LogP contribution in [-0.2, 0) is 9.59 Å². The molecule has 3 amide bonds. The van der Waals surface area contributed by atoms with Crippen LogP contribution < -0.4 is 5.32 Å². The van der Waals surface area contributed by atoms with Gasteiger partial charge in [-0.15, -0.1) is 0 Å². The molecule has 1 fully saturated rings. The zero-order valence-corrected chi connectivity index (χ0v) is 13.3. The average Bonchev–Trinajstić information content (AvgIpc) is 2.84. The Morgan fingerprint density at radius 3 is 2.67 bits per heavy atom. The van der Waals surface area contributed by atoms with Gasteiger partial charge in [0, 0.05) is 18.1 Å². The van der Waals surface area contributed by atoms with Crippen molar-refractivity contribution in [1.82, 2.24) is 9.88 Å². The molecule has 1 aliphatic heterocycles. The Balaban J connectivity index is 1.68. The summed E-state index contributed by atoms with van der Waals surface area (Å²) in [5.41, 5.74) is 1.33. The highest BCUT2D eigenvalue weighted by molar-refractivity contribution is 8.18. The van der Waals surface area contributed by atoms with E-state index in [0.29, 0.717) is 5.69 Å². The van der Waals surface area contributed by atoms with E-state index < -0.39 is 17.1 Å². The van der Waals surface area contributed by atoms with Gasteiger partial charge in [0.05, 0.1) is 4.91 Å². The van der Waals surface area contributed by atoms with Crippen molar-refractivity contribution in [3.05, 3.63) is 65.3 Å². The van der Waals surface area contributed by atoms with Crippen LogP contribution in [0.15, 0.2) is 59.8 Å². The molecule has 0 bridgehead atoms. The average molecular weight is 339 g/mol. The van der Waals surface area contributed by atoms with Gasteiger partial charge in [0.15, 0.2) is 0 Å². The van der Waals surface area contributed by atoms with Crippen LogP contribution in [-0.4, -0.2) is 33.5 Å². The molecule has 3 rings (SSSR count). The first-order chi connectivity index (χ1) is 11.6. The summed E-state index contributed by atoms with van der Waals surface area (Å²) in [6.45, 7) is -0.316. The minimum atomic E-state index is -0.475. The number of carbonyl (C=O) groups excluding carboxylic acids is 3. The number of nitrogens with zero attached hydrogens (tertiary/aromatic N) is 2. The Hall–Kier alpha value is -2.93. The van der Waals surface area contributed by atoms with E-state index in [0.717, 1.165) is 22.2 Å². The van der Waals surface area contributed by atoms with Gasteiger partial charge in [-0.3, -0.25) is 24.3 Å². The lowest BCUT2D eigenvalue weighted by Crippen LogP contribution is -2.36. The fraction of sp³-hybridized carbons (Fsp3) is 0.0588. The summed E-state index contributed by atoms with van der Waals surface area (Å²) in [4.78, 5) is 41.5. The van der Waals surface area contributed by atoms with Crippen molar-refractivity contribution in [3.8, 4) is 0 Å². The van der Waals surface area contributed by atoms with Crippen molar-refractivity contribution in [3.63, 3.8) is 0 Å². The van der Waals surface area contributed by atoms with Crippen molar-refractivity contribution < 1.29 is 14.4 Å². The maximum atomic E-state index is 12.3. The molecule has 0 radical (unpaired) electrons. The zero-order chi connectivity index (χ0) is 16.9. The van der Waals surface area contributed by atoms with Crippen LogP contribution in [0.5, 0.6) is 0 Å². The lowest BCUT2D eigenvalue weighted by molar-refractivity contribution is -0.127. The molecule has 1 aliphatic rings. The molecular weight excluding hydrogens is 326 g/mol. The summed E-state index contributed by atoms with van der Waals surface area (Å²) in [6.07, 6.45) is 4.81. The molecule has 1 aromatic carbocycles. The largest absolute Gasteiger partial charge is 0.325 e. The Morgan fingerprint density at radius 1 is 1.17 bits per heavy atom. The Bertz CT molecular complexity index is 806. The smallest absolute Gasteiger partial charge is 0.294 e. The monoisotopic (exact) mass is 339 g/mol. The Kier molecular flexibility index (Phi) is 4.72. The number of para-hydroxylation sites is 1. The molecule has 1 aromatic heterocycles. The highest BCUT2D eigenvalue weighted by Crippen LogP contribution is 2.31. The predicted molar refractivity (Wildman–Crippen MR) is 92.0 cm³/mol. The van der Waals surface area contributed by atoms with Crippen molar-refractivity contribution in [2.75, 3.05) is 11.9 Å². The minimum Gasteiger partial charge on any atom is -0.325 e. The van der Waals surface area contributed by atoms with Crippen LogP contribution in [0.25, 0.3) is 6.08 Å². The molecule has 2 aromatic rings. The van der Waals surface area contributed by atoms with Crippen LogP contribution in [0.4, 0.5) is 10.5 Å². The number of pyridine rings is 1. The van der Waals surface area contributed by atoms with E-state index in [-0.39, 0.29) is 11.4 Å². The quantitative estimate of drug-likeness (QED) is 0.867. The van der Waals surface area contributed by atoms with Crippen LogP contribution >= 0.6 is 11.8 Å². The molecule has 24 heavy (non-hydrogen) atoms. The maximum Gasteiger partial charge on any atom is 0.294 e. The number of benzene rings is 1. The number of carbonyl (C=O) groups is 3. The fourth-order valence-corrected chi connectivity index (χ4v) is 2.95. The second-order valence-electron chi connectivity index (χ2n) is 4.97. The molecule has 1 saturated heterocycles. The van der Waals surface area contributed by atoms with Gasteiger partial charge in [0.2, 0.25) is 5.91 Å². The second-order valence-corrected chi connectivity index (χ2v) is 5.96. The van der Waals surface area contributed by atoms with Gasteiger partial charge in [0.25, 0.3) is 11.1 Å². The number of hydrogen-bond acceptors (Lipinski definition) is 5. The fourth-order valence-electron chi connectivity index (χ4n) is 2.11. The minimum absolute atomic E-state index is 0.278. The van der Waals surface area contributed by atoms with Gasteiger partial charge in [-0.05, 0) is 41.6 Å². The third-order valence-electron chi connectivity index (χ3n) is 3.22. The SMILES string of the molecule is O=C(CN1C(=O)S/C(=C/c2cccnc2)C1=O)Nc1ccccc1. The van der Waals surface area contributed by atoms with Gasteiger partial charge in [-0.2, -0.15) is 0 Å². The second kappa shape index (κ2) is 7.10. The number of nitrogens with one attached hydrogen (secondary N) is 1. The molecule has 1 N–H and O–H groups in total. The topological polar surface area (TPSA) is 79.4 Å². The highest BCUT2D eigenvalue weighted by atomic mass is 32.2. The molecule has 0 unspecified atom stereocenters. The maximum absolute atomic E-state index is 12.3. The summed E-state index contributed by atoms with van der Waals surface area (Å²) < 4.78 is 0. The van der Waals surface area contributed by atoms with E-state index in [9.17, 15) is 14.4 Å². The van der Waals surface area contributed by atoms with Crippen LogP contribution in [0.3, 0.4) is 0 Å². The Labute approximate surface area is 142 Å². The van der Waals surface area contributed by atoms with Crippen LogP contribution in [0.2, 0.25) is 0 Å². The number of aromatic nitrogens is 1. The third kappa shape index (κ3) is 3.69. The van der Waals surface area contributed by atoms with E-state index in [1.54, 1.807) is 54.9 Å².